The first kappa shape index (κ1) is 41.0. The molecule has 3 heteroatoms. The number of benzene rings is 12. The van der Waals surface area contributed by atoms with Gasteiger partial charge >= 0.3 is 0 Å². The molecule has 0 radical (unpaired) electrons. The second-order valence-electron chi connectivity index (χ2n) is 19.9. The van der Waals surface area contributed by atoms with Gasteiger partial charge in [0.1, 0.15) is 11.2 Å². The predicted octanol–water partition coefficient (Wildman–Crippen LogP) is 19.0. The van der Waals surface area contributed by atoms with Gasteiger partial charge in [-0.15, -0.1) is 0 Å². The number of anilines is 3. The Hall–Kier alpha value is -9.70. The molecule has 2 aliphatic rings. The SMILES string of the molecule is c1ccc(-c2ccc(N(c3ccccc3)c3ccc4c5ccccc5n(-c5cccc6oc7c(-c8cccc9c8-c8ccccc8C98c9ccccc9-c9ccccc98)c8ccccc8cc7c56)c4c3)cc2)cc1. The zero-order valence-electron chi connectivity index (χ0n) is 40.2. The highest BCUT2D eigenvalue weighted by molar-refractivity contribution is 6.23. The number of hydrogen-bond donors (Lipinski definition) is 0. The van der Waals surface area contributed by atoms with Crippen LogP contribution in [0, 0.1) is 0 Å². The lowest BCUT2D eigenvalue weighted by Crippen LogP contribution is -2.25. The number of aromatic nitrogens is 1. The van der Waals surface area contributed by atoms with Gasteiger partial charge in [0, 0.05) is 38.8 Å². The first-order valence-electron chi connectivity index (χ1n) is 25.6. The van der Waals surface area contributed by atoms with E-state index in [0.29, 0.717) is 0 Å². The van der Waals surface area contributed by atoms with Crippen LogP contribution in [0.15, 0.2) is 271 Å². The molecule has 0 saturated carbocycles. The largest absolute Gasteiger partial charge is 0.455 e. The number of hydrogen-bond acceptors (Lipinski definition) is 2. The van der Waals surface area contributed by atoms with Gasteiger partial charge in [0.2, 0.25) is 0 Å². The second-order valence-corrected chi connectivity index (χ2v) is 19.9. The summed E-state index contributed by atoms with van der Waals surface area (Å²) in [6.07, 6.45) is 0. The summed E-state index contributed by atoms with van der Waals surface area (Å²) in [5.74, 6) is 0. The third kappa shape index (κ3) is 5.61. The van der Waals surface area contributed by atoms with Gasteiger partial charge in [0.25, 0.3) is 0 Å². The van der Waals surface area contributed by atoms with Crippen LogP contribution in [0.2, 0.25) is 0 Å². The molecule has 0 bridgehead atoms. The highest BCUT2D eigenvalue weighted by atomic mass is 16.3. The van der Waals surface area contributed by atoms with Crippen LogP contribution in [-0.4, -0.2) is 4.57 Å². The Kier molecular flexibility index (Phi) is 8.66. The third-order valence-corrected chi connectivity index (χ3v) is 16.2. The molecule has 0 fully saturated rings. The minimum absolute atomic E-state index is 0.461. The monoisotopic (exact) mass is 940 g/mol. The summed E-state index contributed by atoms with van der Waals surface area (Å²) in [6, 6.07) is 98.0. The van der Waals surface area contributed by atoms with E-state index in [4.69, 9.17) is 4.42 Å². The van der Waals surface area contributed by atoms with Crippen molar-refractivity contribution in [3.05, 3.63) is 289 Å². The minimum atomic E-state index is -0.461. The molecular formula is C71H44N2O. The lowest BCUT2D eigenvalue weighted by molar-refractivity contribution is 0.670. The molecule has 0 atom stereocenters. The highest BCUT2D eigenvalue weighted by Gasteiger charge is 2.52. The van der Waals surface area contributed by atoms with E-state index in [0.717, 1.165) is 61.3 Å². The van der Waals surface area contributed by atoms with Crippen molar-refractivity contribution in [2.75, 3.05) is 4.90 Å². The first-order valence-corrected chi connectivity index (χ1v) is 25.6. The Morgan fingerprint density at radius 1 is 0.338 bits per heavy atom. The molecule has 2 aliphatic carbocycles. The highest BCUT2D eigenvalue weighted by Crippen LogP contribution is 2.64. The molecule has 0 unspecified atom stereocenters. The summed E-state index contributed by atoms with van der Waals surface area (Å²) in [5.41, 5.74) is 23.0. The van der Waals surface area contributed by atoms with E-state index in [2.05, 4.69) is 276 Å². The van der Waals surface area contributed by atoms with Crippen LogP contribution in [0.25, 0.3) is 105 Å². The van der Waals surface area contributed by atoms with Crippen molar-refractivity contribution < 1.29 is 4.42 Å². The number of rotatable bonds is 6. The molecule has 1 spiro atoms. The van der Waals surface area contributed by atoms with Crippen molar-refractivity contribution >= 4 is 71.6 Å². The topological polar surface area (TPSA) is 21.3 Å². The van der Waals surface area contributed by atoms with Gasteiger partial charge in [0.15, 0.2) is 0 Å². The van der Waals surface area contributed by atoms with E-state index in [1.165, 1.54) is 82.7 Å². The van der Waals surface area contributed by atoms with Gasteiger partial charge in [-0.05, 0) is 133 Å². The molecule has 0 N–H and O–H groups in total. The summed E-state index contributed by atoms with van der Waals surface area (Å²) >= 11 is 0. The van der Waals surface area contributed by atoms with Crippen molar-refractivity contribution in [2.45, 2.75) is 5.41 Å². The minimum Gasteiger partial charge on any atom is -0.455 e. The Morgan fingerprint density at radius 3 is 1.66 bits per heavy atom. The summed E-state index contributed by atoms with van der Waals surface area (Å²) in [4.78, 5) is 2.37. The molecule has 2 heterocycles. The lowest BCUT2D eigenvalue weighted by atomic mass is 9.70. The average molecular weight is 941 g/mol. The van der Waals surface area contributed by atoms with Crippen molar-refractivity contribution in [3.63, 3.8) is 0 Å². The fraction of sp³-hybridized carbons (Fsp3) is 0.0141. The molecule has 0 saturated heterocycles. The van der Waals surface area contributed by atoms with Gasteiger partial charge in [-0.1, -0.05) is 206 Å². The van der Waals surface area contributed by atoms with Gasteiger partial charge < -0.3 is 13.9 Å². The molecular weight excluding hydrogens is 897 g/mol. The maximum atomic E-state index is 7.38. The van der Waals surface area contributed by atoms with Gasteiger partial charge in [-0.3, -0.25) is 0 Å². The Bertz CT molecular complexity index is 4550. The van der Waals surface area contributed by atoms with Crippen LogP contribution >= 0.6 is 0 Å². The number of fused-ring (bicyclic) bond motifs is 17. The summed E-state index contributed by atoms with van der Waals surface area (Å²) in [5, 5.41) is 6.90. The molecule has 2 aromatic heterocycles. The van der Waals surface area contributed by atoms with Gasteiger partial charge in [-0.25, -0.2) is 0 Å². The van der Waals surface area contributed by atoms with E-state index < -0.39 is 5.41 Å². The van der Waals surface area contributed by atoms with Crippen LogP contribution in [0.3, 0.4) is 0 Å². The van der Waals surface area contributed by atoms with E-state index in [-0.39, 0.29) is 0 Å². The normalized spacial score (nSPS) is 13.0. The number of furan rings is 1. The Balaban J connectivity index is 0.944. The molecule has 16 rings (SSSR count). The quantitative estimate of drug-likeness (QED) is 0.166. The van der Waals surface area contributed by atoms with Crippen LogP contribution in [0.1, 0.15) is 22.3 Å². The van der Waals surface area contributed by atoms with E-state index in [9.17, 15) is 0 Å². The standard InChI is InChI=1S/C71H44N2O/c1-3-19-45(20-4-1)46-37-39-49(40-38-46)72(48-22-5-2-6-23-48)50-41-42-55-54-27-12-16-34-63(54)73(65(55)44-50)64-35-18-36-66-69(64)58-43-47-21-7-8-24-51(47)68(70(58)74-66)57-29-17-33-62-67(57)56-28-11-15-32-61(56)71(62)59-30-13-9-25-52(59)53-26-10-14-31-60(53)71/h1-44H. The molecule has 0 aliphatic heterocycles. The van der Waals surface area contributed by atoms with Gasteiger partial charge in [0.05, 0.1) is 27.5 Å². The van der Waals surface area contributed by atoms with Crippen LogP contribution in [0.5, 0.6) is 0 Å². The molecule has 344 valence electrons. The maximum Gasteiger partial charge on any atom is 0.143 e. The number of nitrogens with zero attached hydrogens (tertiary/aromatic N) is 2. The second kappa shape index (κ2) is 15.6. The summed E-state index contributed by atoms with van der Waals surface area (Å²) in [7, 11) is 0. The number of para-hydroxylation sites is 2. The van der Waals surface area contributed by atoms with E-state index in [1.807, 2.05) is 0 Å². The molecule has 14 aromatic rings. The molecule has 12 aromatic carbocycles. The van der Waals surface area contributed by atoms with Crippen LogP contribution in [0.4, 0.5) is 17.1 Å². The summed E-state index contributed by atoms with van der Waals surface area (Å²) < 4.78 is 9.85. The molecule has 3 nitrogen and oxygen atoms in total. The van der Waals surface area contributed by atoms with Crippen molar-refractivity contribution in [1.82, 2.24) is 4.57 Å². The van der Waals surface area contributed by atoms with E-state index in [1.54, 1.807) is 0 Å². The Morgan fingerprint density at radius 2 is 0.892 bits per heavy atom. The zero-order chi connectivity index (χ0) is 48.5. The van der Waals surface area contributed by atoms with Crippen LogP contribution < -0.4 is 4.90 Å². The van der Waals surface area contributed by atoms with Crippen LogP contribution in [-0.2, 0) is 5.41 Å². The fourth-order valence-electron chi connectivity index (χ4n) is 13.2. The zero-order valence-corrected chi connectivity index (χ0v) is 40.2. The summed E-state index contributed by atoms with van der Waals surface area (Å²) in [6.45, 7) is 0. The fourth-order valence-corrected chi connectivity index (χ4v) is 13.2. The third-order valence-electron chi connectivity index (χ3n) is 16.2. The lowest BCUT2D eigenvalue weighted by Gasteiger charge is -2.30. The maximum absolute atomic E-state index is 7.38. The molecule has 74 heavy (non-hydrogen) atoms. The average Bonchev–Trinajstić information content (AvgIpc) is 4.21. The van der Waals surface area contributed by atoms with Crippen molar-refractivity contribution in [3.8, 4) is 50.2 Å². The first-order chi connectivity index (χ1) is 36.7. The smallest absolute Gasteiger partial charge is 0.143 e. The van der Waals surface area contributed by atoms with Gasteiger partial charge in [-0.2, -0.15) is 0 Å². The van der Waals surface area contributed by atoms with Crippen molar-refractivity contribution in [1.29, 1.82) is 0 Å². The van der Waals surface area contributed by atoms with Crippen molar-refractivity contribution in [2.24, 2.45) is 0 Å². The Labute approximate surface area is 428 Å². The van der Waals surface area contributed by atoms with E-state index >= 15 is 0 Å². The molecule has 0 amide bonds. The predicted molar refractivity (Wildman–Crippen MR) is 307 cm³/mol.